The summed E-state index contributed by atoms with van der Waals surface area (Å²) in [6, 6.07) is 93.3. The normalized spacial score (nSPS) is 17.1. The van der Waals surface area contributed by atoms with Crippen molar-refractivity contribution in [3.05, 3.63) is 468 Å². The molecule has 5 aliphatic heterocycles. The number of Topliss-reactive ketones (excluding diaryl/α,β-unsaturated/α-hetero) is 1. The maximum absolute atomic E-state index is 13.2. The first kappa shape index (κ1) is 102. The summed E-state index contributed by atoms with van der Waals surface area (Å²) in [5.41, 5.74) is 10.4. The highest BCUT2D eigenvalue weighted by Crippen LogP contribution is 2.47. The van der Waals surface area contributed by atoms with Gasteiger partial charge in [0.05, 0.1) is 61.2 Å². The fourth-order valence-electron chi connectivity index (χ4n) is 20.9. The molecular formula is C117H115N15O16. The highest BCUT2D eigenvalue weighted by Gasteiger charge is 2.46. The fraction of sp³-hybridized carbons (Fsp3) is 0.265. The van der Waals surface area contributed by atoms with E-state index in [0.717, 1.165) is 117 Å². The number of nitrogens with zero attached hydrogens (tertiary/aromatic N) is 15. The van der Waals surface area contributed by atoms with Gasteiger partial charge < -0.3 is 50.0 Å². The van der Waals surface area contributed by atoms with Crippen LogP contribution in [-0.2, 0) is 17.6 Å². The van der Waals surface area contributed by atoms with Gasteiger partial charge in [0.25, 0.3) is 29.5 Å². The fourth-order valence-corrected chi connectivity index (χ4v) is 20.9. The third-order valence-corrected chi connectivity index (χ3v) is 28.0. The molecule has 31 heteroatoms. The number of ketones is 1. The third kappa shape index (κ3) is 21.7. The molecule has 0 saturated heterocycles. The number of fused-ring (bicyclic) bond motifs is 5. The number of rotatable bonds is 22. The van der Waals surface area contributed by atoms with E-state index in [1.165, 1.54) is 29.4 Å². The molecule has 0 bridgehead atoms. The van der Waals surface area contributed by atoms with E-state index < -0.39 is 73.6 Å². The number of hydrogen-bond acceptors (Lipinski definition) is 21. The zero-order valence-electron chi connectivity index (χ0n) is 83.2. The van der Waals surface area contributed by atoms with Gasteiger partial charge in [-0.2, -0.15) is 25.5 Å². The van der Waals surface area contributed by atoms with Crippen molar-refractivity contribution in [1.82, 2.24) is 73.4 Å². The lowest BCUT2D eigenvalue weighted by Crippen LogP contribution is -2.48. The van der Waals surface area contributed by atoms with Crippen LogP contribution in [0.25, 0.3) is 0 Å². The van der Waals surface area contributed by atoms with E-state index in [4.69, 9.17) is 0 Å². The first-order valence-corrected chi connectivity index (χ1v) is 49.4. The summed E-state index contributed by atoms with van der Waals surface area (Å²) in [5, 5.41) is 73.3. The van der Waals surface area contributed by atoms with Crippen LogP contribution in [0.5, 0.6) is 28.7 Å². The minimum atomic E-state index is -0.687. The molecule has 5 N–H and O–H groups in total. The topological polar surface area (TPSA) is 394 Å². The van der Waals surface area contributed by atoms with Gasteiger partial charge in [0.2, 0.25) is 27.1 Å². The van der Waals surface area contributed by atoms with Crippen LogP contribution in [0.3, 0.4) is 0 Å². The molecule has 21 rings (SSSR count). The molecule has 1 saturated carbocycles. The zero-order chi connectivity index (χ0) is 104. The second-order valence-corrected chi connectivity index (χ2v) is 38.8. The van der Waals surface area contributed by atoms with E-state index in [2.05, 4.69) is 123 Å². The Morgan fingerprint density at radius 3 is 0.831 bits per heavy atom. The average Bonchev–Trinajstić information content (AvgIpc) is 1.13. The molecule has 8 unspecified atom stereocenters. The van der Waals surface area contributed by atoms with E-state index in [-0.39, 0.29) is 112 Å². The Labute approximate surface area is 853 Å². The molecule has 754 valence electrons. The Morgan fingerprint density at radius 2 is 0.554 bits per heavy atom. The minimum absolute atomic E-state index is 0.00346. The molecule has 8 atom stereocenters. The van der Waals surface area contributed by atoms with E-state index in [1.807, 2.05) is 215 Å². The molecule has 10 heterocycles. The number of aromatic nitrogens is 10. The lowest BCUT2D eigenvalue weighted by Gasteiger charge is -2.39. The monoisotopic (exact) mass is 1990 g/mol. The van der Waals surface area contributed by atoms with Crippen LogP contribution in [0.2, 0.25) is 0 Å². The molecule has 0 radical (unpaired) electrons. The quantitative estimate of drug-likeness (QED) is 0.0421. The molecule has 10 aromatic carbocycles. The molecule has 1 fully saturated rings. The predicted octanol–water partition coefficient (Wildman–Crippen LogP) is 14.8. The summed E-state index contributed by atoms with van der Waals surface area (Å²) >= 11 is 0. The maximum atomic E-state index is 13.2. The summed E-state index contributed by atoms with van der Waals surface area (Å²) in [4.78, 5) is 144. The maximum Gasteiger partial charge on any atom is 0.276 e. The van der Waals surface area contributed by atoms with Gasteiger partial charge >= 0.3 is 0 Å². The minimum Gasteiger partial charge on any atom is -0.502 e. The van der Waals surface area contributed by atoms with E-state index >= 15 is 0 Å². The molecule has 5 aromatic heterocycles. The highest BCUT2D eigenvalue weighted by molar-refractivity contribution is 5.98. The van der Waals surface area contributed by atoms with Crippen LogP contribution < -0.4 is 27.1 Å². The van der Waals surface area contributed by atoms with Crippen LogP contribution in [0.1, 0.15) is 225 Å². The highest BCUT2D eigenvalue weighted by atomic mass is 16.3. The molecule has 5 amide bonds. The lowest BCUT2D eigenvalue weighted by molar-refractivity contribution is -0.116. The van der Waals surface area contributed by atoms with Gasteiger partial charge in [0.15, 0.2) is 57.2 Å². The number of carbonyl (C=O) groups is 6. The number of hydrogen-bond donors (Lipinski definition) is 5. The van der Waals surface area contributed by atoms with Crippen molar-refractivity contribution < 1.29 is 54.3 Å². The van der Waals surface area contributed by atoms with Gasteiger partial charge in [-0.05, 0) is 112 Å². The van der Waals surface area contributed by atoms with E-state index in [0.29, 0.717) is 58.2 Å². The molecule has 6 aliphatic rings. The smallest absolute Gasteiger partial charge is 0.276 e. The number of carbonyl (C=O) groups excluding carboxylic acids is 6. The predicted molar refractivity (Wildman–Crippen MR) is 558 cm³/mol. The van der Waals surface area contributed by atoms with Crippen LogP contribution in [-0.4, -0.2) is 201 Å². The van der Waals surface area contributed by atoms with Crippen LogP contribution in [0.4, 0.5) is 0 Å². The van der Waals surface area contributed by atoms with Crippen molar-refractivity contribution in [1.29, 1.82) is 0 Å². The van der Waals surface area contributed by atoms with Crippen LogP contribution in [0, 0.1) is 18.8 Å². The summed E-state index contributed by atoms with van der Waals surface area (Å²) in [6.45, 7) is 13.1. The van der Waals surface area contributed by atoms with Gasteiger partial charge in [0, 0.05) is 103 Å². The van der Waals surface area contributed by atoms with Gasteiger partial charge in [-0.15, -0.1) is 0 Å². The Bertz CT molecular complexity index is 7470. The first-order valence-electron chi connectivity index (χ1n) is 49.4. The standard InChI is InChI=1S/C24H23N3O4.C24H23N3O3.C24H25N3O3.C23H23N3O3.C22H21N3O3/c1-15(28)11-16-7-6-10-18(12-16)21(17-8-4-3-5-9-17)19-14-26(2)24(31)22-23(30)20(29)13-25-27(19)22;28-20-13-25-27-19(15-26(14-16-11-12-16)24(30)22(27)23(20)29)21(17-7-3-1-4-8-17)18-9-5-2-6-10-18;1-16(2)14-26-15-19(27-22(24(26)30)23(29)20(28)13-25-27)21(17-9-5-3-6-10-17)18-11-7-4-8-12-18;1-3-15-8-7-11-17(12-15)20(16-9-5-4-6-10-16)18-14-25(2)23(29)21-22(28)19(27)13-24-26(18)21;1-14-7-6-10-16(11-14)19(15-8-4-3-5-9-15)17-13-24(2)22(28)20-21(27)18(26)12-23-25(17)20/h3-10,12-13,19,21,30H,11,14H2,1-2H3;1-10,13,16,19,21,29H,11-12,14-15H2;3-13,16,19,21,29H,14-15H2,1-2H3;4-13,18,20,28H,3,14H2,1-2H3;3-12,17,19,27H,13H2,1-2H3. The van der Waals surface area contributed by atoms with Crippen molar-refractivity contribution >= 4 is 35.3 Å². The zero-order valence-corrected chi connectivity index (χ0v) is 83.2. The van der Waals surface area contributed by atoms with Crippen LogP contribution in [0.15, 0.2) is 340 Å². The first-order chi connectivity index (χ1) is 71.4. The number of aryl methyl sites for hydroxylation is 2. The second kappa shape index (κ2) is 44.9. The van der Waals surface area contributed by atoms with Crippen molar-refractivity contribution in [3.63, 3.8) is 0 Å². The van der Waals surface area contributed by atoms with Crippen LogP contribution >= 0.6 is 0 Å². The summed E-state index contributed by atoms with van der Waals surface area (Å²) < 4.78 is 7.61. The number of likely N-dealkylation sites (N-methyl/N-ethyl adjacent to an activating group) is 3. The number of amides is 5. The Hall–Kier alpha value is -17.4. The average molecular weight is 1990 g/mol. The Balaban J connectivity index is 0.000000126. The summed E-state index contributed by atoms with van der Waals surface area (Å²) in [6.07, 6.45) is 8.85. The van der Waals surface area contributed by atoms with Crippen molar-refractivity contribution in [2.24, 2.45) is 11.8 Å². The largest absolute Gasteiger partial charge is 0.502 e. The third-order valence-electron chi connectivity index (χ3n) is 28.0. The van der Waals surface area contributed by atoms with Gasteiger partial charge in [0.1, 0.15) is 5.78 Å². The van der Waals surface area contributed by atoms with Crippen molar-refractivity contribution in [3.8, 4) is 28.7 Å². The SMILES string of the molecule is CC(=O)Cc1cccc(C(c2ccccc2)C2CN(C)C(=O)c3c(O)c(=O)cnn32)c1.CC(C)CN1CC(C(c2ccccc2)c2ccccc2)n2ncc(=O)c(O)c2C1=O.CCc1cccc(C(c2ccccc2)C2CN(C)C(=O)c3c(O)c(=O)cnn32)c1.Cc1cccc(C(c2ccccc2)C2CN(C)C(=O)c3c(O)c(=O)cnn32)c1.O=C1c2c(O)c(=O)cnn2C(C(c2ccccc2)c2ccccc2)CN1CC1CC1. The molecule has 148 heavy (non-hydrogen) atoms. The molecular weight excluding hydrogens is 1870 g/mol. The van der Waals surface area contributed by atoms with E-state index in [9.17, 15) is 78.3 Å². The van der Waals surface area contributed by atoms with Gasteiger partial charge in [-0.1, -0.05) is 311 Å². The van der Waals surface area contributed by atoms with E-state index in [1.54, 1.807) is 52.1 Å². The summed E-state index contributed by atoms with van der Waals surface area (Å²) in [5.74, 6) is -4.48. The molecule has 1 aliphatic carbocycles. The van der Waals surface area contributed by atoms with Crippen molar-refractivity contribution in [2.45, 2.75) is 120 Å². The van der Waals surface area contributed by atoms with Crippen molar-refractivity contribution in [2.75, 3.05) is 67.0 Å². The molecule has 31 nitrogen and oxygen atoms in total. The molecule has 0 spiro atoms. The van der Waals surface area contributed by atoms with Gasteiger partial charge in [-0.25, -0.2) is 0 Å². The number of benzene rings is 10. The lowest BCUT2D eigenvalue weighted by atomic mass is 9.83. The Kier molecular flexibility index (Phi) is 30.9. The van der Waals surface area contributed by atoms with Gasteiger partial charge in [-0.3, -0.25) is 76.1 Å². The summed E-state index contributed by atoms with van der Waals surface area (Å²) in [7, 11) is 5.00. The Morgan fingerprint density at radius 1 is 0.311 bits per heavy atom. The number of aromatic hydroxyl groups is 5. The molecule has 15 aromatic rings. The second-order valence-electron chi connectivity index (χ2n) is 38.8.